The fourth-order valence-electron chi connectivity index (χ4n) is 2.69. The Hall–Kier alpha value is -2.86. The van der Waals surface area contributed by atoms with Crippen LogP contribution in [-0.2, 0) is 16.0 Å². The lowest BCUT2D eigenvalue weighted by molar-refractivity contribution is -0.133. The van der Waals surface area contributed by atoms with Crippen LogP contribution in [-0.4, -0.2) is 41.3 Å². The minimum Gasteiger partial charge on any atom is -0.444 e. The number of rotatable bonds is 6. The van der Waals surface area contributed by atoms with Gasteiger partial charge in [-0.2, -0.15) is 0 Å². The lowest BCUT2D eigenvalue weighted by Gasteiger charge is -2.26. The van der Waals surface area contributed by atoms with Crippen molar-refractivity contribution in [3.63, 3.8) is 0 Å². The van der Waals surface area contributed by atoms with Gasteiger partial charge in [-0.1, -0.05) is 42.0 Å². The zero-order valence-corrected chi connectivity index (χ0v) is 17.6. The summed E-state index contributed by atoms with van der Waals surface area (Å²) in [5, 5.41) is 10.4. The van der Waals surface area contributed by atoms with Gasteiger partial charge in [0.05, 0.1) is 19.1 Å². The Morgan fingerprint density at radius 2 is 1.76 bits per heavy atom. The predicted molar refractivity (Wildman–Crippen MR) is 111 cm³/mol. The van der Waals surface area contributed by atoms with E-state index in [1.165, 1.54) is 4.90 Å². The van der Waals surface area contributed by atoms with E-state index in [1.54, 1.807) is 52.1 Å². The van der Waals surface area contributed by atoms with Gasteiger partial charge in [-0.25, -0.2) is 4.79 Å². The maximum atomic E-state index is 12.1. The Labute approximate surface area is 172 Å². The van der Waals surface area contributed by atoms with Gasteiger partial charge < -0.3 is 19.5 Å². The van der Waals surface area contributed by atoms with E-state index in [9.17, 15) is 14.7 Å². The highest BCUT2D eigenvalue weighted by molar-refractivity contribution is 5.75. The van der Waals surface area contributed by atoms with Gasteiger partial charge in [-0.3, -0.25) is 4.79 Å². The number of hydrogen-bond acceptors (Lipinski definition) is 5. The summed E-state index contributed by atoms with van der Waals surface area (Å²) < 4.78 is 10.6. The Bertz CT molecular complexity index is 839. The van der Waals surface area contributed by atoms with E-state index in [2.05, 4.69) is 0 Å². The number of carbonyl (C=O) groups is 2. The molecule has 1 atom stereocenters. The molecule has 6 heteroatoms. The van der Waals surface area contributed by atoms with Crippen molar-refractivity contribution >= 4 is 12.1 Å². The molecule has 2 rings (SSSR count). The van der Waals surface area contributed by atoms with E-state index in [0.717, 1.165) is 11.1 Å². The van der Waals surface area contributed by atoms with E-state index in [0.29, 0.717) is 11.3 Å². The average Bonchev–Trinajstić information content (AvgIpc) is 2.60. The zero-order valence-electron chi connectivity index (χ0n) is 17.6. The molecule has 2 aromatic rings. The summed E-state index contributed by atoms with van der Waals surface area (Å²) in [6, 6.07) is 14.3. The molecule has 2 aromatic carbocycles. The molecule has 0 aliphatic rings. The summed E-state index contributed by atoms with van der Waals surface area (Å²) >= 11 is 0. The van der Waals surface area contributed by atoms with Crippen LogP contribution in [0.1, 0.15) is 43.6 Å². The van der Waals surface area contributed by atoms with Gasteiger partial charge in [-0.15, -0.1) is 0 Å². The average molecular weight is 399 g/mol. The highest BCUT2D eigenvalue weighted by Gasteiger charge is 2.22. The van der Waals surface area contributed by atoms with Crippen molar-refractivity contribution in [2.45, 2.75) is 45.8 Å². The molecule has 29 heavy (non-hydrogen) atoms. The zero-order chi connectivity index (χ0) is 21.6. The van der Waals surface area contributed by atoms with E-state index in [-0.39, 0.29) is 18.9 Å². The van der Waals surface area contributed by atoms with E-state index in [1.807, 2.05) is 31.2 Å². The Morgan fingerprint density at radius 1 is 1.10 bits per heavy atom. The number of aliphatic hydroxyl groups is 1. The summed E-state index contributed by atoms with van der Waals surface area (Å²) in [5.41, 5.74) is 2.00. The number of benzene rings is 2. The van der Waals surface area contributed by atoms with Crippen LogP contribution in [0.3, 0.4) is 0 Å². The normalized spacial score (nSPS) is 12.2. The molecular formula is C23H29NO5. The van der Waals surface area contributed by atoms with Gasteiger partial charge in [-0.05, 0) is 51.0 Å². The van der Waals surface area contributed by atoms with Crippen molar-refractivity contribution in [3.05, 3.63) is 65.2 Å². The first kappa shape index (κ1) is 22.4. The molecule has 0 aliphatic carbocycles. The fraction of sp³-hybridized carbons (Fsp3) is 0.391. The predicted octanol–water partition coefficient (Wildman–Crippen LogP) is 4.04. The second-order valence-corrected chi connectivity index (χ2v) is 8.09. The molecule has 1 amide bonds. The number of aliphatic hydroxyl groups excluding tert-OH is 1. The van der Waals surface area contributed by atoms with Crippen molar-refractivity contribution in [1.82, 2.24) is 4.90 Å². The van der Waals surface area contributed by atoms with Gasteiger partial charge in [0.25, 0.3) is 0 Å². The quantitative estimate of drug-likeness (QED) is 0.586. The lowest BCUT2D eigenvalue weighted by atomic mass is 10.1. The Balaban J connectivity index is 1.90. The van der Waals surface area contributed by atoms with Crippen molar-refractivity contribution in [2.75, 3.05) is 13.6 Å². The van der Waals surface area contributed by atoms with Crippen molar-refractivity contribution in [3.8, 4) is 5.75 Å². The molecule has 0 fully saturated rings. The first-order chi connectivity index (χ1) is 13.5. The molecule has 0 aromatic heterocycles. The molecule has 0 heterocycles. The molecule has 0 bridgehead atoms. The SMILES string of the molecule is Cc1cccc(CC(=O)Oc2ccc(C(O)CN(C)C(=O)OC(C)(C)C)cc2)c1. The summed E-state index contributed by atoms with van der Waals surface area (Å²) in [7, 11) is 1.57. The third-order valence-electron chi connectivity index (χ3n) is 4.08. The Morgan fingerprint density at radius 3 is 2.34 bits per heavy atom. The minimum absolute atomic E-state index is 0.0847. The third kappa shape index (κ3) is 7.58. The molecule has 6 nitrogen and oxygen atoms in total. The van der Waals surface area contributed by atoms with Crippen molar-refractivity contribution in [1.29, 1.82) is 0 Å². The van der Waals surface area contributed by atoms with Gasteiger partial charge in [0.15, 0.2) is 0 Å². The number of ether oxygens (including phenoxy) is 2. The second kappa shape index (κ2) is 9.56. The van der Waals surface area contributed by atoms with E-state index < -0.39 is 17.8 Å². The summed E-state index contributed by atoms with van der Waals surface area (Å²) in [6.45, 7) is 7.41. The highest BCUT2D eigenvalue weighted by atomic mass is 16.6. The maximum Gasteiger partial charge on any atom is 0.410 e. The van der Waals surface area contributed by atoms with Crippen LogP contribution in [0.25, 0.3) is 0 Å². The first-order valence-corrected chi connectivity index (χ1v) is 9.52. The van der Waals surface area contributed by atoms with Crippen LogP contribution in [0.2, 0.25) is 0 Å². The molecule has 156 valence electrons. The lowest BCUT2D eigenvalue weighted by Crippen LogP contribution is -2.36. The van der Waals surface area contributed by atoms with Crippen LogP contribution in [0.4, 0.5) is 4.79 Å². The number of esters is 1. The number of nitrogens with zero attached hydrogens (tertiary/aromatic N) is 1. The summed E-state index contributed by atoms with van der Waals surface area (Å²) in [4.78, 5) is 25.4. The van der Waals surface area contributed by atoms with Crippen LogP contribution in [0.5, 0.6) is 5.75 Å². The number of carbonyl (C=O) groups excluding carboxylic acids is 2. The first-order valence-electron chi connectivity index (χ1n) is 9.52. The fourth-order valence-corrected chi connectivity index (χ4v) is 2.69. The molecule has 0 aliphatic heterocycles. The molecule has 0 spiro atoms. The molecule has 0 saturated heterocycles. The maximum absolute atomic E-state index is 12.1. The summed E-state index contributed by atoms with van der Waals surface area (Å²) in [5.74, 6) is 0.0488. The van der Waals surface area contributed by atoms with Crippen LogP contribution in [0.15, 0.2) is 48.5 Å². The van der Waals surface area contributed by atoms with E-state index in [4.69, 9.17) is 9.47 Å². The number of aryl methyl sites for hydroxylation is 1. The Kier molecular flexibility index (Phi) is 7.40. The van der Waals surface area contributed by atoms with Crippen LogP contribution < -0.4 is 4.74 Å². The van der Waals surface area contributed by atoms with Gasteiger partial charge in [0.2, 0.25) is 0 Å². The van der Waals surface area contributed by atoms with E-state index >= 15 is 0 Å². The smallest absolute Gasteiger partial charge is 0.410 e. The minimum atomic E-state index is -0.885. The van der Waals surface area contributed by atoms with Crippen molar-refractivity contribution in [2.24, 2.45) is 0 Å². The number of amides is 1. The topological polar surface area (TPSA) is 76.1 Å². The summed E-state index contributed by atoms with van der Waals surface area (Å²) in [6.07, 6.45) is -1.20. The van der Waals surface area contributed by atoms with Gasteiger partial charge in [0, 0.05) is 7.05 Å². The third-order valence-corrected chi connectivity index (χ3v) is 4.08. The largest absolute Gasteiger partial charge is 0.444 e. The monoisotopic (exact) mass is 399 g/mol. The molecule has 1 unspecified atom stereocenters. The number of hydrogen-bond donors (Lipinski definition) is 1. The van der Waals surface area contributed by atoms with Crippen LogP contribution >= 0.6 is 0 Å². The molecule has 1 N–H and O–H groups in total. The molecular weight excluding hydrogens is 370 g/mol. The van der Waals surface area contributed by atoms with Crippen molar-refractivity contribution < 1.29 is 24.2 Å². The molecule has 0 radical (unpaired) electrons. The second-order valence-electron chi connectivity index (χ2n) is 8.09. The van der Waals surface area contributed by atoms with Crippen LogP contribution in [0, 0.1) is 6.92 Å². The van der Waals surface area contributed by atoms with Gasteiger partial charge in [0.1, 0.15) is 11.4 Å². The highest BCUT2D eigenvalue weighted by Crippen LogP contribution is 2.20. The standard InChI is InChI=1S/C23H29NO5/c1-16-7-6-8-17(13-16)14-21(26)28-19-11-9-18(10-12-19)20(25)15-24(5)22(27)29-23(2,3)4/h6-13,20,25H,14-15H2,1-5H3. The number of likely N-dealkylation sites (N-methyl/N-ethyl adjacent to an activating group) is 1. The molecule has 0 saturated carbocycles. The van der Waals surface area contributed by atoms with Gasteiger partial charge >= 0.3 is 12.1 Å².